The molecule has 1 N–H and O–H groups in total. The summed E-state index contributed by atoms with van der Waals surface area (Å²) in [6.07, 6.45) is 3.35. The Morgan fingerprint density at radius 3 is 2.87 bits per heavy atom. The molecule has 0 aromatic carbocycles. The lowest BCUT2D eigenvalue weighted by Gasteiger charge is -2.21. The van der Waals surface area contributed by atoms with Crippen molar-refractivity contribution in [1.82, 2.24) is 25.1 Å². The summed E-state index contributed by atoms with van der Waals surface area (Å²) in [6.45, 7) is 10.2. The van der Waals surface area contributed by atoms with Gasteiger partial charge in [-0.2, -0.15) is 0 Å². The van der Waals surface area contributed by atoms with Crippen LogP contribution in [0.1, 0.15) is 55.9 Å². The summed E-state index contributed by atoms with van der Waals surface area (Å²) in [6, 6.07) is 0.240. The number of hydrogen-bond donors (Lipinski definition) is 1. The monoisotopic (exact) mass is 319 g/mol. The molecule has 0 saturated carbocycles. The standard InChI is InChI=1S/C16H25N5O2/c1-5-14-13(12(4)18-23-14)8-20-7-6-16(22,10-20)15-9-21(11(2)3)19-17-15/h9,11,22H,5-8,10H2,1-4H3. The van der Waals surface area contributed by atoms with Gasteiger partial charge in [-0.1, -0.05) is 17.3 Å². The van der Waals surface area contributed by atoms with Gasteiger partial charge in [0.15, 0.2) is 0 Å². The first-order valence-electron chi connectivity index (χ1n) is 8.24. The van der Waals surface area contributed by atoms with Gasteiger partial charge in [0.1, 0.15) is 17.1 Å². The van der Waals surface area contributed by atoms with Crippen molar-refractivity contribution in [1.29, 1.82) is 0 Å². The summed E-state index contributed by atoms with van der Waals surface area (Å²) in [7, 11) is 0. The number of nitrogens with zero attached hydrogens (tertiary/aromatic N) is 5. The molecule has 1 saturated heterocycles. The van der Waals surface area contributed by atoms with Gasteiger partial charge in [-0.25, -0.2) is 4.68 Å². The Kier molecular flexibility index (Phi) is 4.25. The van der Waals surface area contributed by atoms with Gasteiger partial charge in [0, 0.05) is 37.7 Å². The Morgan fingerprint density at radius 1 is 1.43 bits per heavy atom. The fraction of sp³-hybridized carbons (Fsp3) is 0.688. The maximum atomic E-state index is 11.0. The highest BCUT2D eigenvalue weighted by molar-refractivity contribution is 5.22. The van der Waals surface area contributed by atoms with Gasteiger partial charge in [-0.05, 0) is 27.2 Å². The molecule has 0 aliphatic carbocycles. The number of rotatable bonds is 5. The van der Waals surface area contributed by atoms with Crippen LogP contribution in [0.4, 0.5) is 0 Å². The Bertz CT molecular complexity index is 678. The van der Waals surface area contributed by atoms with Crippen molar-refractivity contribution in [2.75, 3.05) is 13.1 Å². The van der Waals surface area contributed by atoms with E-state index in [1.54, 1.807) is 4.68 Å². The van der Waals surface area contributed by atoms with Gasteiger partial charge in [0.2, 0.25) is 0 Å². The minimum absolute atomic E-state index is 0.240. The summed E-state index contributed by atoms with van der Waals surface area (Å²) >= 11 is 0. The molecule has 3 heterocycles. The van der Waals surface area contributed by atoms with Gasteiger partial charge in [-0.3, -0.25) is 4.90 Å². The van der Waals surface area contributed by atoms with Gasteiger partial charge in [0.05, 0.1) is 11.9 Å². The summed E-state index contributed by atoms with van der Waals surface area (Å²) < 4.78 is 7.14. The summed E-state index contributed by atoms with van der Waals surface area (Å²) in [5.41, 5.74) is 1.81. The van der Waals surface area contributed by atoms with Gasteiger partial charge >= 0.3 is 0 Å². The molecule has 0 bridgehead atoms. The first-order chi connectivity index (χ1) is 10.9. The van der Waals surface area contributed by atoms with Crippen LogP contribution in [0, 0.1) is 6.92 Å². The van der Waals surface area contributed by atoms with E-state index in [1.807, 2.05) is 27.0 Å². The minimum Gasteiger partial charge on any atom is -0.382 e. The number of aromatic nitrogens is 4. The van der Waals surface area contributed by atoms with Crippen LogP contribution in [0.3, 0.4) is 0 Å². The maximum absolute atomic E-state index is 11.0. The molecule has 1 aliphatic rings. The van der Waals surface area contributed by atoms with E-state index < -0.39 is 5.60 Å². The van der Waals surface area contributed by atoms with Crippen LogP contribution in [0.25, 0.3) is 0 Å². The van der Waals surface area contributed by atoms with Crippen molar-refractivity contribution in [2.24, 2.45) is 0 Å². The Balaban J connectivity index is 1.73. The van der Waals surface area contributed by atoms with Crippen molar-refractivity contribution in [3.63, 3.8) is 0 Å². The maximum Gasteiger partial charge on any atom is 0.141 e. The van der Waals surface area contributed by atoms with E-state index in [-0.39, 0.29) is 6.04 Å². The molecule has 1 aliphatic heterocycles. The predicted octanol–water partition coefficient (Wildman–Crippen LogP) is 1.81. The zero-order chi connectivity index (χ0) is 16.6. The van der Waals surface area contributed by atoms with E-state index in [0.717, 1.165) is 36.5 Å². The summed E-state index contributed by atoms with van der Waals surface area (Å²) in [5, 5.41) is 23.3. The molecule has 7 nitrogen and oxygen atoms in total. The summed E-state index contributed by atoms with van der Waals surface area (Å²) in [4.78, 5) is 2.23. The van der Waals surface area contributed by atoms with Crippen molar-refractivity contribution in [3.8, 4) is 0 Å². The highest BCUT2D eigenvalue weighted by Gasteiger charge is 2.40. The second-order valence-corrected chi connectivity index (χ2v) is 6.69. The van der Waals surface area contributed by atoms with Gasteiger partial charge in [0.25, 0.3) is 0 Å². The zero-order valence-electron chi connectivity index (χ0n) is 14.3. The van der Waals surface area contributed by atoms with E-state index in [9.17, 15) is 5.11 Å². The third-order valence-electron chi connectivity index (χ3n) is 4.61. The number of hydrogen-bond acceptors (Lipinski definition) is 6. The molecule has 1 atom stereocenters. The molecule has 1 unspecified atom stereocenters. The number of aryl methyl sites for hydroxylation is 2. The summed E-state index contributed by atoms with van der Waals surface area (Å²) in [5.74, 6) is 0.934. The molecule has 1 fully saturated rings. The zero-order valence-corrected chi connectivity index (χ0v) is 14.3. The quantitative estimate of drug-likeness (QED) is 0.905. The van der Waals surface area contributed by atoms with Crippen LogP contribution in [0.5, 0.6) is 0 Å². The molecule has 2 aromatic heterocycles. The molecule has 2 aromatic rings. The number of likely N-dealkylation sites (tertiary alicyclic amines) is 1. The van der Waals surface area contributed by atoms with Crippen LogP contribution in [0.2, 0.25) is 0 Å². The smallest absolute Gasteiger partial charge is 0.141 e. The van der Waals surface area contributed by atoms with Crippen molar-refractivity contribution in [3.05, 3.63) is 28.9 Å². The molecule has 0 spiro atoms. The molecular weight excluding hydrogens is 294 g/mol. The molecule has 0 radical (unpaired) electrons. The lowest BCUT2D eigenvalue weighted by Crippen LogP contribution is -2.31. The van der Waals surface area contributed by atoms with E-state index in [2.05, 4.69) is 27.3 Å². The number of β-amino-alcohol motifs (C(OH)–C–C–N with tert-alkyl or cyclic N) is 1. The topological polar surface area (TPSA) is 80.2 Å². The lowest BCUT2D eigenvalue weighted by atomic mass is 10.00. The second-order valence-electron chi connectivity index (χ2n) is 6.69. The number of aliphatic hydroxyl groups is 1. The molecule has 126 valence electrons. The largest absolute Gasteiger partial charge is 0.382 e. The highest BCUT2D eigenvalue weighted by Crippen LogP contribution is 2.32. The van der Waals surface area contributed by atoms with Crippen LogP contribution in [-0.2, 0) is 18.6 Å². The first-order valence-corrected chi connectivity index (χ1v) is 8.24. The van der Waals surface area contributed by atoms with Crippen LogP contribution >= 0.6 is 0 Å². The minimum atomic E-state index is -0.926. The Labute approximate surface area is 136 Å². The normalized spacial score (nSPS) is 22.3. The average Bonchev–Trinajstić information content (AvgIpc) is 3.21. The van der Waals surface area contributed by atoms with Crippen LogP contribution in [0.15, 0.2) is 10.7 Å². The predicted molar refractivity (Wildman–Crippen MR) is 84.8 cm³/mol. The van der Waals surface area contributed by atoms with E-state index in [4.69, 9.17) is 4.52 Å². The van der Waals surface area contributed by atoms with E-state index >= 15 is 0 Å². The Morgan fingerprint density at radius 2 is 2.22 bits per heavy atom. The van der Waals surface area contributed by atoms with Crippen molar-refractivity contribution < 1.29 is 9.63 Å². The third-order valence-corrected chi connectivity index (χ3v) is 4.61. The van der Waals surface area contributed by atoms with Gasteiger partial charge in [-0.15, -0.1) is 5.10 Å². The van der Waals surface area contributed by atoms with Crippen LogP contribution < -0.4 is 0 Å². The molecule has 0 amide bonds. The average molecular weight is 319 g/mol. The molecular formula is C16H25N5O2. The second kappa shape index (κ2) is 6.05. The van der Waals surface area contributed by atoms with Crippen molar-refractivity contribution >= 4 is 0 Å². The third kappa shape index (κ3) is 3.03. The first kappa shape index (κ1) is 16.1. The van der Waals surface area contributed by atoms with Crippen molar-refractivity contribution in [2.45, 2.75) is 58.7 Å². The lowest BCUT2D eigenvalue weighted by molar-refractivity contribution is 0.0407. The fourth-order valence-corrected chi connectivity index (χ4v) is 3.10. The SMILES string of the molecule is CCc1onc(C)c1CN1CCC(O)(c2cn(C(C)C)nn2)C1. The van der Waals surface area contributed by atoms with E-state index in [0.29, 0.717) is 18.7 Å². The van der Waals surface area contributed by atoms with E-state index in [1.165, 1.54) is 0 Å². The van der Waals surface area contributed by atoms with Crippen LogP contribution in [-0.4, -0.2) is 43.2 Å². The van der Waals surface area contributed by atoms with Gasteiger partial charge < -0.3 is 9.63 Å². The molecule has 7 heteroatoms. The highest BCUT2D eigenvalue weighted by atomic mass is 16.5. The molecule has 3 rings (SSSR count). The fourth-order valence-electron chi connectivity index (χ4n) is 3.10. The molecule has 23 heavy (non-hydrogen) atoms. The Hall–Kier alpha value is -1.73.